The highest BCUT2D eigenvalue weighted by molar-refractivity contribution is 7.13. The molecule has 0 aromatic carbocycles. The molecule has 1 aliphatic heterocycles. The minimum atomic E-state index is 0.789. The number of nitrogens with zero attached hydrogens (tertiary/aromatic N) is 2. The summed E-state index contributed by atoms with van der Waals surface area (Å²) in [7, 11) is 2.13. The second-order valence-electron chi connectivity index (χ2n) is 3.91. The number of hydrogen-bond acceptors (Lipinski definition) is 4. The fourth-order valence-electron chi connectivity index (χ4n) is 1.95. The Kier molecular flexibility index (Phi) is 3.37. The zero-order valence-corrected chi connectivity index (χ0v) is 9.39. The van der Waals surface area contributed by atoms with Gasteiger partial charge in [-0.1, -0.05) is 0 Å². The molecule has 1 aromatic heterocycles. The van der Waals surface area contributed by atoms with E-state index in [4.69, 9.17) is 0 Å². The minimum absolute atomic E-state index is 0.789. The standard InChI is InChI=1S/C10H17N3S/c1-13(10-12-5-6-14-10)8-9-3-2-4-11-7-9/h5-6,9,11H,2-4,7-8H2,1H3/t9-/m1/s1. The molecule has 0 radical (unpaired) electrons. The lowest BCUT2D eigenvalue weighted by Crippen LogP contribution is -2.36. The highest BCUT2D eigenvalue weighted by Crippen LogP contribution is 2.19. The molecule has 2 heterocycles. The second-order valence-corrected chi connectivity index (χ2v) is 4.78. The van der Waals surface area contributed by atoms with Gasteiger partial charge < -0.3 is 10.2 Å². The predicted octanol–water partition coefficient (Wildman–Crippen LogP) is 1.58. The molecule has 1 aromatic rings. The van der Waals surface area contributed by atoms with Gasteiger partial charge in [0.2, 0.25) is 0 Å². The Labute approximate surface area is 89.1 Å². The van der Waals surface area contributed by atoms with Crippen molar-refractivity contribution in [1.82, 2.24) is 10.3 Å². The molecule has 3 nitrogen and oxygen atoms in total. The van der Waals surface area contributed by atoms with Crippen molar-refractivity contribution in [3.8, 4) is 0 Å². The molecular formula is C10H17N3S. The van der Waals surface area contributed by atoms with E-state index < -0.39 is 0 Å². The lowest BCUT2D eigenvalue weighted by atomic mass is 9.99. The maximum atomic E-state index is 4.31. The van der Waals surface area contributed by atoms with Crippen LogP contribution in [-0.2, 0) is 0 Å². The van der Waals surface area contributed by atoms with E-state index >= 15 is 0 Å². The summed E-state index contributed by atoms with van der Waals surface area (Å²) in [6.45, 7) is 3.48. The van der Waals surface area contributed by atoms with Crippen LogP contribution in [0.2, 0.25) is 0 Å². The van der Waals surface area contributed by atoms with Crippen LogP contribution in [-0.4, -0.2) is 31.7 Å². The van der Waals surface area contributed by atoms with Crippen molar-refractivity contribution in [1.29, 1.82) is 0 Å². The van der Waals surface area contributed by atoms with Crippen molar-refractivity contribution >= 4 is 16.5 Å². The summed E-state index contributed by atoms with van der Waals surface area (Å²) in [5, 5.41) is 6.61. The van der Waals surface area contributed by atoms with Gasteiger partial charge in [0.05, 0.1) is 0 Å². The molecule has 1 aliphatic rings. The van der Waals surface area contributed by atoms with Crippen molar-refractivity contribution in [3.63, 3.8) is 0 Å². The third-order valence-corrected chi connectivity index (χ3v) is 3.56. The monoisotopic (exact) mass is 211 g/mol. The summed E-state index contributed by atoms with van der Waals surface area (Å²) in [5.74, 6) is 0.789. The normalized spacial score (nSPS) is 22.2. The van der Waals surface area contributed by atoms with E-state index in [-0.39, 0.29) is 0 Å². The Hall–Kier alpha value is -0.610. The van der Waals surface area contributed by atoms with Crippen LogP contribution < -0.4 is 10.2 Å². The van der Waals surface area contributed by atoms with Gasteiger partial charge in [-0.15, -0.1) is 11.3 Å². The number of rotatable bonds is 3. The van der Waals surface area contributed by atoms with Crippen molar-refractivity contribution in [3.05, 3.63) is 11.6 Å². The van der Waals surface area contributed by atoms with Crippen LogP contribution in [0.4, 0.5) is 5.13 Å². The van der Waals surface area contributed by atoms with Gasteiger partial charge in [0.1, 0.15) is 0 Å². The van der Waals surface area contributed by atoms with E-state index in [0.29, 0.717) is 0 Å². The first kappa shape index (κ1) is 9.93. The van der Waals surface area contributed by atoms with Gasteiger partial charge >= 0.3 is 0 Å². The number of nitrogens with one attached hydrogen (secondary N) is 1. The lowest BCUT2D eigenvalue weighted by molar-refractivity contribution is 0.381. The Balaban J connectivity index is 1.84. The van der Waals surface area contributed by atoms with Gasteiger partial charge in [0.25, 0.3) is 0 Å². The third kappa shape index (κ3) is 2.45. The van der Waals surface area contributed by atoms with Gasteiger partial charge in [0, 0.05) is 25.2 Å². The summed E-state index contributed by atoms with van der Waals surface area (Å²) in [6.07, 6.45) is 4.54. The van der Waals surface area contributed by atoms with Crippen LogP contribution in [0.25, 0.3) is 0 Å². The highest BCUT2D eigenvalue weighted by Gasteiger charge is 2.15. The van der Waals surface area contributed by atoms with Gasteiger partial charge in [-0.2, -0.15) is 0 Å². The molecule has 14 heavy (non-hydrogen) atoms. The zero-order chi connectivity index (χ0) is 9.80. The van der Waals surface area contributed by atoms with Crippen molar-refractivity contribution < 1.29 is 0 Å². The summed E-state index contributed by atoms with van der Waals surface area (Å²) < 4.78 is 0. The summed E-state index contributed by atoms with van der Waals surface area (Å²) in [6, 6.07) is 0. The molecule has 2 rings (SSSR count). The lowest BCUT2D eigenvalue weighted by Gasteiger charge is -2.27. The maximum absolute atomic E-state index is 4.31. The SMILES string of the molecule is CN(C[C@@H]1CCCNC1)c1nccs1. The van der Waals surface area contributed by atoms with Gasteiger partial charge in [-0.05, 0) is 31.8 Å². The van der Waals surface area contributed by atoms with Gasteiger partial charge in [-0.3, -0.25) is 0 Å². The third-order valence-electron chi connectivity index (χ3n) is 2.68. The van der Waals surface area contributed by atoms with Crippen molar-refractivity contribution in [2.45, 2.75) is 12.8 Å². The van der Waals surface area contributed by atoms with Crippen LogP contribution in [0, 0.1) is 5.92 Å². The Morgan fingerprint density at radius 3 is 3.29 bits per heavy atom. The molecule has 0 spiro atoms. The second kappa shape index (κ2) is 4.75. The smallest absolute Gasteiger partial charge is 0.184 e. The Bertz CT molecular complexity index is 254. The van der Waals surface area contributed by atoms with E-state index in [1.807, 2.05) is 11.6 Å². The number of hydrogen-bond donors (Lipinski definition) is 1. The van der Waals surface area contributed by atoms with Crippen LogP contribution in [0.5, 0.6) is 0 Å². The number of thiazole rings is 1. The van der Waals surface area contributed by atoms with E-state index in [1.54, 1.807) is 11.3 Å². The van der Waals surface area contributed by atoms with Crippen LogP contribution in [0.15, 0.2) is 11.6 Å². The maximum Gasteiger partial charge on any atom is 0.184 e. The molecule has 4 heteroatoms. The van der Waals surface area contributed by atoms with Gasteiger partial charge in [0.15, 0.2) is 5.13 Å². The first-order chi connectivity index (χ1) is 6.86. The van der Waals surface area contributed by atoms with Crippen molar-refractivity contribution in [2.75, 3.05) is 31.6 Å². The molecule has 1 saturated heterocycles. The molecular weight excluding hydrogens is 194 g/mol. The molecule has 1 N–H and O–H groups in total. The number of piperidine rings is 1. The van der Waals surface area contributed by atoms with E-state index in [0.717, 1.165) is 24.1 Å². The summed E-state index contributed by atoms with van der Waals surface area (Å²) >= 11 is 1.71. The molecule has 0 aliphatic carbocycles. The summed E-state index contributed by atoms with van der Waals surface area (Å²) in [5.41, 5.74) is 0. The Morgan fingerprint density at radius 1 is 1.71 bits per heavy atom. The fraction of sp³-hybridized carbons (Fsp3) is 0.700. The van der Waals surface area contributed by atoms with Crippen molar-refractivity contribution in [2.24, 2.45) is 5.92 Å². The van der Waals surface area contributed by atoms with E-state index in [9.17, 15) is 0 Å². The largest absolute Gasteiger partial charge is 0.351 e. The molecule has 0 bridgehead atoms. The number of anilines is 1. The first-order valence-corrected chi connectivity index (χ1v) is 6.05. The average Bonchev–Trinajstić information content (AvgIpc) is 2.72. The zero-order valence-electron chi connectivity index (χ0n) is 8.57. The first-order valence-electron chi connectivity index (χ1n) is 5.17. The molecule has 1 fully saturated rings. The molecule has 0 saturated carbocycles. The average molecular weight is 211 g/mol. The topological polar surface area (TPSA) is 28.2 Å². The molecule has 78 valence electrons. The molecule has 0 unspecified atom stereocenters. The van der Waals surface area contributed by atoms with Crippen LogP contribution in [0.3, 0.4) is 0 Å². The highest BCUT2D eigenvalue weighted by atomic mass is 32.1. The number of aromatic nitrogens is 1. The van der Waals surface area contributed by atoms with Crippen LogP contribution in [0.1, 0.15) is 12.8 Å². The Morgan fingerprint density at radius 2 is 2.64 bits per heavy atom. The predicted molar refractivity (Wildman–Crippen MR) is 61.0 cm³/mol. The quantitative estimate of drug-likeness (QED) is 0.823. The minimum Gasteiger partial charge on any atom is -0.351 e. The molecule has 0 amide bonds. The van der Waals surface area contributed by atoms with Crippen LogP contribution >= 0.6 is 11.3 Å². The van der Waals surface area contributed by atoms with Gasteiger partial charge in [-0.25, -0.2) is 4.98 Å². The summed E-state index contributed by atoms with van der Waals surface area (Å²) in [4.78, 5) is 6.57. The molecule has 1 atom stereocenters. The van der Waals surface area contributed by atoms with E-state index in [1.165, 1.54) is 19.4 Å². The van der Waals surface area contributed by atoms with E-state index in [2.05, 4.69) is 22.2 Å². The fourth-order valence-corrected chi connectivity index (χ4v) is 2.57.